The molecule has 20 heavy (non-hydrogen) atoms. The summed E-state index contributed by atoms with van der Waals surface area (Å²) in [5.74, 6) is 1.20. The normalized spacial score (nSPS) is 21.3. The molecule has 0 unspecified atom stereocenters. The van der Waals surface area contributed by atoms with Gasteiger partial charge in [0.1, 0.15) is 0 Å². The molecule has 2 aliphatic rings. The molecule has 2 aliphatic heterocycles. The van der Waals surface area contributed by atoms with Gasteiger partial charge in [0.2, 0.25) is 17.2 Å². The zero-order chi connectivity index (χ0) is 13.9. The molecule has 1 N–H and O–H groups in total. The molecule has 0 amide bonds. The van der Waals surface area contributed by atoms with Gasteiger partial charge in [0.15, 0.2) is 0 Å². The molecule has 3 heterocycles. The van der Waals surface area contributed by atoms with Crippen molar-refractivity contribution in [2.45, 2.75) is 18.9 Å². The van der Waals surface area contributed by atoms with E-state index in [9.17, 15) is 5.11 Å². The Morgan fingerprint density at radius 2 is 1.50 bits per heavy atom. The number of ether oxygens (including phenoxy) is 1. The zero-order valence-electron chi connectivity index (χ0n) is 11.2. The van der Waals surface area contributed by atoms with Crippen LogP contribution in [0, 0.1) is 0 Å². The molecule has 3 rings (SSSR count). The number of aromatic nitrogens is 3. The molecule has 0 aliphatic carbocycles. The Kier molecular flexibility index (Phi) is 4.18. The van der Waals surface area contributed by atoms with Crippen molar-refractivity contribution in [3.63, 3.8) is 0 Å². The molecule has 0 aromatic carbocycles. The van der Waals surface area contributed by atoms with Crippen LogP contribution in [-0.2, 0) is 4.74 Å². The third-order valence-electron chi connectivity index (χ3n) is 3.63. The fraction of sp³-hybridized carbons (Fsp3) is 0.750. The Labute approximate surface area is 122 Å². The number of rotatable bonds is 2. The number of hydrogen-bond donors (Lipinski definition) is 1. The molecule has 110 valence electrons. The van der Waals surface area contributed by atoms with Gasteiger partial charge in [-0.1, -0.05) is 0 Å². The summed E-state index contributed by atoms with van der Waals surface area (Å²) in [7, 11) is 0. The van der Waals surface area contributed by atoms with Gasteiger partial charge < -0.3 is 19.6 Å². The Morgan fingerprint density at radius 1 is 0.950 bits per heavy atom. The van der Waals surface area contributed by atoms with Gasteiger partial charge in [-0.2, -0.15) is 15.0 Å². The van der Waals surface area contributed by atoms with Crippen LogP contribution in [0.3, 0.4) is 0 Å². The Morgan fingerprint density at radius 3 is 2.10 bits per heavy atom. The van der Waals surface area contributed by atoms with E-state index in [-0.39, 0.29) is 11.4 Å². The fourth-order valence-corrected chi connectivity index (χ4v) is 2.59. The van der Waals surface area contributed by atoms with Crippen LogP contribution in [0.2, 0.25) is 5.28 Å². The third kappa shape index (κ3) is 3.11. The van der Waals surface area contributed by atoms with E-state index in [1.165, 1.54) is 0 Å². The van der Waals surface area contributed by atoms with Gasteiger partial charge in [-0.3, -0.25) is 0 Å². The number of halogens is 1. The minimum Gasteiger partial charge on any atom is -0.393 e. The van der Waals surface area contributed by atoms with Crippen LogP contribution >= 0.6 is 11.6 Å². The van der Waals surface area contributed by atoms with Crippen LogP contribution in [0.4, 0.5) is 11.9 Å². The van der Waals surface area contributed by atoms with E-state index in [4.69, 9.17) is 16.3 Å². The largest absolute Gasteiger partial charge is 0.393 e. The predicted octanol–water partition coefficient (Wildman–Crippen LogP) is 0.323. The maximum Gasteiger partial charge on any atom is 0.231 e. The van der Waals surface area contributed by atoms with Crippen LogP contribution in [0.5, 0.6) is 0 Å². The highest BCUT2D eigenvalue weighted by atomic mass is 35.5. The molecule has 1 aromatic heterocycles. The van der Waals surface area contributed by atoms with Gasteiger partial charge in [-0.25, -0.2) is 0 Å². The second-order valence-electron chi connectivity index (χ2n) is 5.02. The SMILES string of the molecule is OC1CCN(c2nc(Cl)nc(N3CCOCC3)n2)CC1. The van der Waals surface area contributed by atoms with Gasteiger partial charge in [-0.05, 0) is 24.4 Å². The minimum absolute atomic E-state index is 0.211. The third-order valence-corrected chi connectivity index (χ3v) is 3.79. The van der Waals surface area contributed by atoms with E-state index >= 15 is 0 Å². The van der Waals surface area contributed by atoms with Crippen LogP contribution in [0.1, 0.15) is 12.8 Å². The number of anilines is 2. The molecule has 7 nitrogen and oxygen atoms in total. The minimum atomic E-state index is -0.220. The maximum atomic E-state index is 9.56. The van der Waals surface area contributed by atoms with Crippen molar-refractivity contribution in [2.24, 2.45) is 0 Å². The smallest absolute Gasteiger partial charge is 0.231 e. The molecule has 0 spiro atoms. The molecule has 2 saturated heterocycles. The highest BCUT2D eigenvalue weighted by Gasteiger charge is 2.22. The van der Waals surface area contributed by atoms with E-state index in [0.717, 1.165) is 39.0 Å². The topological polar surface area (TPSA) is 74.6 Å². The molecule has 0 bridgehead atoms. The Balaban J connectivity index is 1.79. The number of morpholine rings is 1. The van der Waals surface area contributed by atoms with Crippen LogP contribution in [0.25, 0.3) is 0 Å². The highest BCUT2D eigenvalue weighted by Crippen LogP contribution is 2.20. The number of aliphatic hydroxyl groups excluding tert-OH is 1. The first-order valence-electron chi connectivity index (χ1n) is 6.89. The Bertz CT molecular complexity index is 461. The number of hydrogen-bond acceptors (Lipinski definition) is 7. The molecule has 2 fully saturated rings. The average molecular weight is 300 g/mol. The van der Waals surface area contributed by atoms with Crippen molar-refractivity contribution in [2.75, 3.05) is 49.2 Å². The van der Waals surface area contributed by atoms with Crippen LogP contribution < -0.4 is 9.80 Å². The molecule has 0 saturated carbocycles. The first kappa shape index (κ1) is 13.8. The molecular formula is C12H18ClN5O2. The molecule has 1 aromatic rings. The van der Waals surface area contributed by atoms with Crippen molar-refractivity contribution in [3.05, 3.63) is 5.28 Å². The van der Waals surface area contributed by atoms with E-state index in [1.54, 1.807) is 0 Å². The summed E-state index contributed by atoms with van der Waals surface area (Å²) in [6.45, 7) is 4.36. The van der Waals surface area contributed by atoms with Gasteiger partial charge in [0.05, 0.1) is 19.3 Å². The van der Waals surface area contributed by atoms with Crippen molar-refractivity contribution in [3.8, 4) is 0 Å². The van der Waals surface area contributed by atoms with Crippen molar-refractivity contribution in [1.82, 2.24) is 15.0 Å². The van der Waals surface area contributed by atoms with Crippen molar-refractivity contribution in [1.29, 1.82) is 0 Å². The number of nitrogens with zero attached hydrogens (tertiary/aromatic N) is 5. The van der Waals surface area contributed by atoms with Crippen LogP contribution in [-0.4, -0.2) is 65.6 Å². The van der Waals surface area contributed by atoms with Crippen LogP contribution in [0.15, 0.2) is 0 Å². The quantitative estimate of drug-likeness (QED) is 0.843. The number of piperidine rings is 1. The predicted molar refractivity (Wildman–Crippen MR) is 75.3 cm³/mol. The second kappa shape index (κ2) is 6.07. The second-order valence-corrected chi connectivity index (χ2v) is 5.36. The lowest BCUT2D eigenvalue weighted by Crippen LogP contribution is -2.39. The lowest BCUT2D eigenvalue weighted by atomic mass is 10.1. The number of aliphatic hydroxyl groups is 1. The Hall–Kier alpha value is -1.18. The monoisotopic (exact) mass is 299 g/mol. The summed E-state index contributed by atoms with van der Waals surface area (Å²) >= 11 is 6.02. The van der Waals surface area contributed by atoms with Gasteiger partial charge in [-0.15, -0.1) is 0 Å². The lowest BCUT2D eigenvalue weighted by Gasteiger charge is -2.31. The van der Waals surface area contributed by atoms with E-state index < -0.39 is 0 Å². The first-order valence-corrected chi connectivity index (χ1v) is 7.27. The van der Waals surface area contributed by atoms with Crippen molar-refractivity contribution < 1.29 is 9.84 Å². The van der Waals surface area contributed by atoms with Gasteiger partial charge in [0, 0.05) is 26.2 Å². The first-order chi connectivity index (χ1) is 9.72. The average Bonchev–Trinajstić information content (AvgIpc) is 2.48. The summed E-state index contributed by atoms with van der Waals surface area (Å²) in [5, 5.41) is 9.77. The lowest BCUT2D eigenvalue weighted by molar-refractivity contribution is 0.122. The summed E-state index contributed by atoms with van der Waals surface area (Å²) < 4.78 is 5.33. The summed E-state index contributed by atoms with van der Waals surface area (Å²) in [6, 6.07) is 0. The van der Waals surface area contributed by atoms with E-state index in [0.29, 0.717) is 25.1 Å². The van der Waals surface area contributed by atoms with Gasteiger partial charge in [0.25, 0.3) is 0 Å². The van der Waals surface area contributed by atoms with Crippen molar-refractivity contribution >= 4 is 23.5 Å². The standard InChI is InChI=1S/C12H18ClN5O2/c13-10-14-11(17-3-1-9(19)2-4-17)16-12(15-10)18-5-7-20-8-6-18/h9,19H,1-8H2. The highest BCUT2D eigenvalue weighted by molar-refractivity contribution is 6.28. The molecule has 0 atom stereocenters. The fourth-order valence-electron chi connectivity index (χ4n) is 2.44. The summed E-state index contributed by atoms with van der Waals surface area (Å²) in [5.41, 5.74) is 0. The summed E-state index contributed by atoms with van der Waals surface area (Å²) in [4.78, 5) is 17.0. The maximum absolute atomic E-state index is 9.56. The molecule has 0 radical (unpaired) electrons. The molecule has 8 heteroatoms. The van der Waals surface area contributed by atoms with Gasteiger partial charge >= 0.3 is 0 Å². The van der Waals surface area contributed by atoms with E-state index in [2.05, 4.69) is 19.9 Å². The molecular weight excluding hydrogens is 282 g/mol. The van der Waals surface area contributed by atoms with E-state index in [1.807, 2.05) is 4.90 Å². The summed E-state index contributed by atoms with van der Waals surface area (Å²) in [6.07, 6.45) is 1.24. The zero-order valence-corrected chi connectivity index (χ0v) is 12.0.